The van der Waals surface area contributed by atoms with Gasteiger partial charge in [0.1, 0.15) is 17.9 Å². The Kier molecular flexibility index (Phi) is 6.38. The van der Waals surface area contributed by atoms with Gasteiger partial charge in [0.15, 0.2) is 5.78 Å². The summed E-state index contributed by atoms with van der Waals surface area (Å²) in [6.45, 7) is 1.09. The van der Waals surface area contributed by atoms with Crippen molar-refractivity contribution in [2.24, 2.45) is 11.8 Å². The van der Waals surface area contributed by atoms with E-state index in [0.717, 1.165) is 36.8 Å². The molecule has 1 aromatic rings. The summed E-state index contributed by atoms with van der Waals surface area (Å²) in [6, 6.07) is 3.38. The minimum atomic E-state index is -1.22. The number of ether oxygens (including phenoxy) is 1. The SMILES string of the molecule is CN(C)CCOC(=O)C1CCC(c2cc3c(cc2O)C(=O)C(C(=O)O)=CC3C2CC2)CC1. The number of Topliss-reactive ketones (excluding diaryl/α,β-unsaturated/α-hetero) is 1. The molecule has 3 aliphatic carbocycles. The van der Waals surface area contributed by atoms with Gasteiger partial charge in [-0.3, -0.25) is 9.59 Å². The van der Waals surface area contributed by atoms with E-state index in [9.17, 15) is 24.6 Å². The molecule has 0 spiro atoms. The molecule has 2 saturated carbocycles. The van der Waals surface area contributed by atoms with E-state index in [1.54, 1.807) is 6.08 Å². The molecule has 0 aromatic heterocycles. The maximum atomic E-state index is 12.7. The number of phenolic OH excluding ortho intramolecular Hbond substituents is 1. The summed E-state index contributed by atoms with van der Waals surface area (Å²) in [5.41, 5.74) is 1.74. The highest BCUT2D eigenvalue weighted by molar-refractivity contribution is 6.25. The summed E-state index contributed by atoms with van der Waals surface area (Å²) < 4.78 is 5.40. The number of benzene rings is 1. The number of likely N-dealkylation sites (N-methyl/N-ethyl adjacent to an activating group) is 1. The number of nitrogens with zero attached hydrogens (tertiary/aromatic N) is 1. The molecule has 0 radical (unpaired) electrons. The van der Waals surface area contributed by atoms with Crippen LogP contribution in [0.3, 0.4) is 0 Å². The number of hydrogen-bond acceptors (Lipinski definition) is 6. The zero-order valence-electron chi connectivity index (χ0n) is 18.7. The second kappa shape index (κ2) is 9.06. The van der Waals surface area contributed by atoms with Gasteiger partial charge in [0, 0.05) is 18.0 Å². The first-order valence-corrected chi connectivity index (χ1v) is 11.4. The number of ketones is 1. The van der Waals surface area contributed by atoms with Crippen LogP contribution in [0.4, 0.5) is 0 Å². The normalized spacial score (nSPS) is 25.3. The molecular formula is C25H31NO6. The fraction of sp³-hybridized carbons (Fsp3) is 0.560. The van der Waals surface area contributed by atoms with Crippen molar-refractivity contribution in [3.8, 4) is 5.75 Å². The molecule has 1 unspecified atom stereocenters. The Morgan fingerprint density at radius 3 is 2.34 bits per heavy atom. The Morgan fingerprint density at radius 2 is 1.75 bits per heavy atom. The lowest BCUT2D eigenvalue weighted by atomic mass is 9.75. The summed E-state index contributed by atoms with van der Waals surface area (Å²) in [5, 5.41) is 20.2. The molecule has 2 fully saturated rings. The Hall–Kier alpha value is -2.67. The van der Waals surface area contributed by atoms with Gasteiger partial charge in [-0.15, -0.1) is 0 Å². The van der Waals surface area contributed by atoms with Crippen LogP contribution >= 0.6 is 0 Å². The fourth-order valence-electron chi connectivity index (χ4n) is 5.01. The highest BCUT2D eigenvalue weighted by Gasteiger charge is 2.40. The number of carbonyl (C=O) groups excluding carboxylic acids is 2. The summed E-state index contributed by atoms with van der Waals surface area (Å²) >= 11 is 0. The van der Waals surface area contributed by atoms with Gasteiger partial charge in [-0.1, -0.05) is 12.1 Å². The molecule has 0 saturated heterocycles. The van der Waals surface area contributed by atoms with E-state index in [1.165, 1.54) is 6.07 Å². The highest BCUT2D eigenvalue weighted by Crippen LogP contribution is 2.49. The monoisotopic (exact) mass is 441 g/mol. The quantitative estimate of drug-likeness (QED) is 0.493. The third-order valence-electron chi connectivity index (χ3n) is 7.04. The number of aromatic hydroxyl groups is 1. The number of rotatable bonds is 7. The molecule has 32 heavy (non-hydrogen) atoms. The van der Waals surface area contributed by atoms with Crippen molar-refractivity contribution in [2.45, 2.75) is 50.4 Å². The number of esters is 1. The number of carboxylic acid groups (broad SMARTS) is 1. The van der Waals surface area contributed by atoms with E-state index in [2.05, 4.69) is 0 Å². The van der Waals surface area contributed by atoms with Gasteiger partial charge in [0.05, 0.1) is 5.92 Å². The largest absolute Gasteiger partial charge is 0.508 e. The predicted molar refractivity (Wildman–Crippen MR) is 118 cm³/mol. The zero-order chi connectivity index (χ0) is 23.0. The topological polar surface area (TPSA) is 104 Å². The van der Waals surface area contributed by atoms with E-state index in [-0.39, 0.29) is 35.0 Å². The van der Waals surface area contributed by atoms with Crippen LogP contribution < -0.4 is 0 Å². The second-order valence-electron chi connectivity index (χ2n) is 9.60. The lowest BCUT2D eigenvalue weighted by Crippen LogP contribution is -2.26. The zero-order valence-corrected chi connectivity index (χ0v) is 18.7. The molecule has 2 N–H and O–H groups in total. The number of carboxylic acids is 1. The fourth-order valence-corrected chi connectivity index (χ4v) is 5.01. The van der Waals surface area contributed by atoms with Gasteiger partial charge in [0.25, 0.3) is 0 Å². The molecule has 0 heterocycles. The van der Waals surface area contributed by atoms with Gasteiger partial charge >= 0.3 is 11.9 Å². The highest BCUT2D eigenvalue weighted by atomic mass is 16.5. The molecule has 7 heteroatoms. The van der Waals surface area contributed by atoms with E-state index in [4.69, 9.17) is 4.74 Å². The number of hydrogen-bond donors (Lipinski definition) is 2. The first-order valence-electron chi connectivity index (χ1n) is 11.4. The molecule has 0 bridgehead atoms. The van der Waals surface area contributed by atoms with Crippen LogP contribution in [0.15, 0.2) is 23.8 Å². The van der Waals surface area contributed by atoms with Crippen molar-refractivity contribution in [3.05, 3.63) is 40.5 Å². The summed E-state index contributed by atoms with van der Waals surface area (Å²) in [6.07, 6.45) is 6.56. The summed E-state index contributed by atoms with van der Waals surface area (Å²) in [5.74, 6) is -1.62. The lowest BCUT2D eigenvalue weighted by molar-refractivity contribution is -0.150. The first kappa shape index (κ1) is 22.5. The molecule has 1 aromatic carbocycles. The number of phenols is 1. The van der Waals surface area contributed by atoms with Crippen molar-refractivity contribution >= 4 is 17.7 Å². The number of allylic oxidation sites excluding steroid dienone is 1. The van der Waals surface area contributed by atoms with Gasteiger partial charge in [-0.25, -0.2) is 4.79 Å². The predicted octanol–water partition coefficient (Wildman–Crippen LogP) is 3.47. The van der Waals surface area contributed by atoms with Crippen LogP contribution in [0.25, 0.3) is 0 Å². The van der Waals surface area contributed by atoms with Gasteiger partial charge in [0.2, 0.25) is 0 Å². The first-order chi connectivity index (χ1) is 15.3. The van der Waals surface area contributed by atoms with E-state index < -0.39 is 11.8 Å². The number of carbonyl (C=O) groups is 3. The van der Waals surface area contributed by atoms with Crippen LogP contribution in [0.5, 0.6) is 5.75 Å². The van der Waals surface area contributed by atoms with Gasteiger partial charge in [-0.05, 0) is 81.6 Å². The molecule has 172 valence electrons. The smallest absolute Gasteiger partial charge is 0.339 e. The third kappa shape index (κ3) is 4.58. The maximum Gasteiger partial charge on any atom is 0.339 e. The average molecular weight is 442 g/mol. The van der Waals surface area contributed by atoms with E-state index >= 15 is 0 Å². The molecular weight excluding hydrogens is 410 g/mol. The van der Waals surface area contributed by atoms with Crippen LogP contribution in [-0.2, 0) is 14.3 Å². The standard InChI is InChI=1S/C25H31NO6/c1-26(2)9-10-32-25(31)16-7-5-15(6-8-16)18-12-19-17(14-3-4-14)11-21(24(29)30)23(28)20(19)13-22(18)27/h11-17,27H,3-10H2,1-2H3,(H,29,30). The van der Waals surface area contributed by atoms with Crippen molar-refractivity contribution in [2.75, 3.05) is 27.2 Å². The molecule has 0 amide bonds. The van der Waals surface area contributed by atoms with Crippen molar-refractivity contribution < 1.29 is 29.3 Å². The Labute approximate surface area is 188 Å². The molecule has 7 nitrogen and oxygen atoms in total. The Bertz CT molecular complexity index is 953. The molecule has 4 rings (SSSR count). The minimum absolute atomic E-state index is 0.0373. The second-order valence-corrected chi connectivity index (χ2v) is 9.60. The van der Waals surface area contributed by atoms with Crippen molar-refractivity contribution in [3.63, 3.8) is 0 Å². The van der Waals surface area contributed by atoms with Crippen LogP contribution in [0.1, 0.15) is 71.8 Å². The third-order valence-corrected chi connectivity index (χ3v) is 7.04. The maximum absolute atomic E-state index is 12.7. The lowest BCUT2D eigenvalue weighted by Gasteiger charge is -2.30. The van der Waals surface area contributed by atoms with Crippen molar-refractivity contribution in [1.29, 1.82) is 0 Å². The van der Waals surface area contributed by atoms with Crippen LogP contribution in [0, 0.1) is 11.8 Å². The molecule has 3 aliphatic rings. The van der Waals surface area contributed by atoms with E-state index in [0.29, 0.717) is 37.5 Å². The molecule has 0 aliphatic heterocycles. The summed E-state index contributed by atoms with van der Waals surface area (Å²) in [7, 11) is 3.87. The summed E-state index contributed by atoms with van der Waals surface area (Å²) in [4.78, 5) is 38.6. The number of aliphatic carboxylic acids is 1. The Balaban J connectivity index is 1.49. The van der Waals surface area contributed by atoms with E-state index in [1.807, 2.05) is 25.1 Å². The van der Waals surface area contributed by atoms with Gasteiger partial charge < -0.3 is 19.8 Å². The van der Waals surface area contributed by atoms with Crippen LogP contribution in [0.2, 0.25) is 0 Å². The average Bonchev–Trinajstić information content (AvgIpc) is 3.59. The van der Waals surface area contributed by atoms with Gasteiger partial charge in [-0.2, -0.15) is 0 Å². The molecule has 1 atom stereocenters. The minimum Gasteiger partial charge on any atom is -0.508 e. The Morgan fingerprint density at radius 1 is 1.06 bits per heavy atom. The number of fused-ring (bicyclic) bond motifs is 1. The van der Waals surface area contributed by atoms with Crippen molar-refractivity contribution in [1.82, 2.24) is 4.90 Å². The van der Waals surface area contributed by atoms with Crippen LogP contribution in [-0.4, -0.2) is 60.1 Å².